The maximum absolute atomic E-state index is 10.6. The van der Waals surface area contributed by atoms with Gasteiger partial charge < -0.3 is 5.11 Å². The second-order valence-electron chi connectivity index (χ2n) is 6.92. The second-order valence-corrected chi connectivity index (χ2v) is 6.92. The van der Waals surface area contributed by atoms with E-state index in [1.807, 2.05) is 6.08 Å². The normalized spacial score (nSPS) is 12.2. The maximum Gasteiger partial charge on any atom is 0.330 e. The second kappa shape index (κ2) is 18.3. The van der Waals surface area contributed by atoms with E-state index in [0.717, 1.165) is 12.8 Å². The van der Waals surface area contributed by atoms with Crippen LogP contribution in [-0.2, 0) is 4.79 Å². The first kappa shape index (κ1) is 22.9. The Morgan fingerprint density at radius 1 is 0.708 bits per heavy atom. The highest BCUT2D eigenvalue weighted by atomic mass is 16.4. The van der Waals surface area contributed by atoms with E-state index >= 15 is 0 Å². The molecule has 1 N–H and O–H groups in total. The fraction of sp³-hybridized carbons (Fsp3) is 0.773. The first-order valence-corrected chi connectivity index (χ1v) is 10.2. The van der Waals surface area contributed by atoms with Crippen molar-refractivity contribution < 1.29 is 9.90 Å². The molecular weight excluding hydrogens is 296 g/mol. The number of carboxylic acids is 1. The predicted octanol–water partition coefficient (Wildman–Crippen LogP) is 7.44. The lowest BCUT2D eigenvalue weighted by Gasteiger charge is -2.00. The number of allylic oxidation sites excluding steroid dienone is 3. The molecule has 0 amide bonds. The molecule has 2 nitrogen and oxygen atoms in total. The third-order valence-electron chi connectivity index (χ3n) is 4.50. The molecule has 0 radical (unpaired) electrons. The van der Waals surface area contributed by atoms with E-state index in [9.17, 15) is 4.79 Å². The smallest absolute Gasteiger partial charge is 0.330 e. The van der Waals surface area contributed by atoms with Crippen LogP contribution in [0.5, 0.6) is 0 Å². The standard InChI is InChI=1S/C22H40O2/c1-3-4-5-6-7-8-9-10-11-12-13-14-15-16-17-18-19-20-21(2)22(23)24/h10-11,20H,3-9,12-19H2,1-2H3,(H,23,24)/b11-10-,21-20+. The number of rotatable bonds is 17. The molecule has 0 aliphatic carbocycles. The van der Waals surface area contributed by atoms with Gasteiger partial charge in [-0.2, -0.15) is 0 Å². The van der Waals surface area contributed by atoms with Crippen molar-refractivity contribution in [3.63, 3.8) is 0 Å². The van der Waals surface area contributed by atoms with Gasteiger partial charge in [-0.3, -0.25) is 0 Å². The van der Waals surface area contributed by atoms with Crippen LogP contribution in [0, 0.1) is 0 Å². The van der Waals surface area contributed by atoms with E-state index in [2.05, 4.69) is 19.1 Å². The van der Waals surface area contributed by atoms with Crippen LogP contribution in [-0.4, -0.2) is 11.1 Å². The van der Waals surface area contributed by atoms with Gasteiger partial charge in [-0.25, -0.2) is 4.79 Å². The lowest BCUT2D eigenvalue weighted by Crippen LogP contribution is -1.95. The minimum Gasteiger partial charge on any atom is -0.478 e. The van der Waals surface area contributed by atoms with Gasteiger partial charge in [0, 0.05) is 5.57 Å². The molecule has 0 saturated heterocycles. The number of hydrogen-bond donors (Lipinski definition) is 1. The van der Waals surface area contributed by atoms with Crippen LogP contribution in [0.15, 0.2) is 23.8 Å². The Bertz CT molecular complexity index is 342. The Labute approximate surface area is 150 Å². The minimum absolute atomic E-state index is 0.475. The van der Waals surface area contributed by atoms with E-state index < -0.39 is 5.97 Å². The van der Waals surface area contributed by atoms with Gasteiger partial charge in [0.25, 0.3) is 0 Å². The van der Waals surface area contributed by atoms with Crippen molar-refractivity contribution in [2.75, 3.05) is 0 Å². The first-order chi connectivity index (χ1) is 11.7. The molecule has 0 spiro atoms. The van der Waals surface area contributed by atoms with Crippen molar-refractivity contribution in [2.45, 2.75) is 110 Å². The van der Waals surface area contributed by atoms with Crippen molar-refractivity contribution in [3.8, 4) is 0 Å². The molecule has 0 aromatic heterocycles. The van der Waals surface area contributed by atoms with Gasteiger partial charge in [-0.05, 0) is 45.4 Å². The summed E-state index contributed by atoms with van der Waals surface area (Å²) in [4.78, 5) is 10.6. The Morgan fingerprint density at radius 2 is 1.12 bits per heavy atom. The third-order valence-corrected chi connectivity index (χ3v) is 4.50. The van der Waals surface area contributed by atoms with Gasteiger partial charge in [-0.1, -0.05) is 82.9 Å². The van der Waals surface area contributed by atoms with Crippen LogP contribution in [0.4, 0.5) is 0 Å². The Kier molecular flexibility index (Phi) is 17.5. The maximum atomic E-state index is 10.6. The summed E-state index contributed by atoms with van der Waals surface area (Å²) in [6, 6.07) is 0. The van der Waals surface area contributed by atoms with E-state index in [1.165, 1.54) is 83.5 Å². The fourth-order valence-electron chi connectivity index (χ4n) is 2.80. The summed E-state index contributed by atoms with van der Waals surface area (Å²) in [7, 11) is 0. The molecule has 2 heteroatoms. The highest BCUT2D eigenvalue weighted by Crippen LogP contribution is 2.11. The summed E-state index contributed by atoms with van der Waals surface area (Å²) >= 11 is 0. The average Bonchev–Trinajstić information content (AvgIpc) is 2.57. The molecule has 0 aromatic carbocycles. The van der Waals surface area contributed by atoms with Crippen LogP contribution < -0.4 is 0 Å². The summed E-state index contributed by atoms with van der Waals surface area (Å²) in [5.41, 5.74) is 0.475. The zero-order valence-electron chi connectivity index (χ0n) is 16.2. The minimum atomic E-state index is -0.792. The van der Waals surface area contributed by atoms with Crippen LogP contribution in [0.2, 0.25) is 0 Å². The largest absolute Gasteiger partial charge is 0.478 e. The van der Waals surface area contributed by atoms with Crippen LogP contribution >= 0.6 is 0 Å². The van der Waals surface area contributed by atoms with E-state index in [0.29, 0.717) is 5.57 Å². The molecule has 0 aliphatic rings. The summed E-state index contributed by atoms with van der Waals surface area (Å²) in [6.07, 6.45) is 25.8. The van der Waals surface area contributed by atoms with E-state index in [1.54, 1.807) is 6.92 Å². The van der Waals surface area contributed by atoms with Crippen LogP contribution in [0.1, 0.15) is 110 Å². The van der Waals surface area contributed by atoms with Gasteiger partial charge >= 0.3 is 5.97 Å². The van der Waals surface area contributed by atoms with Gasteiger partial charge in [0.05, 0.1) is 0 Å². The molecule has 24 heavy (non-hydrogen) atoms. The predicted molar refractivity (Wildman–Crippen MR) is 105 cm³/mol. The summed E-state index contributed by atoms with van der Waals surface area (Å²) < 4.78 is 0. The molecule has 140 valence electrons. The molecule has 0 atom stereocenters. The quantitative estimate of drug-likeness (QED) is 0.170. The molecule has 0 saturated carbocycles. The monoisotopic (exact) mass is 336 g/mol. The highest BCUT2D eigenvalue weighted by molar-refractivity contribution is 5.85. The number of aliphatic carboxylic acids is 1. The van der Waals surface area contributed by atoms with Crippen molar-refractivity contribution in [1.82, 2.24) is 0 Å². The highest BCUT2D eigenvalue weighted by Gasteiger charge is 1.97. The topological polar surface area (TPSA) is 37.3 Å². The zero-order valence-corrected chi connectivity index (χ0v) is 16.2. The molecule has 0 fully saturated rings. The third kappa shape index (κ3) is 17.3. The Balaban J connectivity index is 3.21. The Morgan fingerprint density at radius 3 is 1.58 bits per heavy atom. The summed E-state index contributed by atoms with van der Waals surface area (Å²) in [6.45, 7) is 3.94. The average molecular weight is 337 g/mol. The molecule has 0 heterocycles. The van der Waals surface area contributed by atoms with Crippen molar-refractivity contribution in [2.24, 2.45) is 0 Å². The van der Waals surface area contributed by atoms with Gasteiger partial charge in [0.2, 0.25) is 0 Å². The van der Waals surface area contributed by atoms with E-state index in [4.69, 9.17) is 5.11 Å². The number of carboxylic acid groups (broad SMARTS) is 1. The zero-order chi connectivity index (χ0) is 17.9. The molecule has 0 unspecified atom stereocenters. The first-order valence-electron chi connectivity index (χ1n) is 10.2. The molecular formula is C22H40O2. The van der Waals surface area contributed by atoms with E-state index in [-0.39, 0.29) is 0 Å². The summed E-state index contributed by atoms with van der Waals surface area (Å²) in [5, 5.41) is 8.74. The van der Waals surface area contributed by atoms with Gasteiger partial charge in [0.1, 0.15) is 0 Å². The summed E-state index contributed by atoms with van der Waals surface area (Å²) in [5.74, 6) is -0.792. The number of unbranched alkanes of at least 4 members (excludes halogenated alkanes) is 13. The Hall–Kier alpha value is -1.05. The SMILES string of the molecule is CCCCCCCC/C=C\CCCCCCCC/C=C(\C)C(=O)O. The molecule has 0 aliphatic heterocycles. The number of hydrogen-bond acceptors (Lipinski definition) is 1. The molecule has 0 aromatic rings. The van der Waals surface area contributed by atoms with Crippen molar-refractivity contribution >= 4 is 5.97 Å². The van der Waals surface area contributed by atoms with Crippen molar-refractivity contribution in [3.05, 3.63) is 23.8 Å². The number of carbonyl (C=O) groups is 1. The van der Waals surface area contributed by atoms with Gasteiger partial charge in [0.15, 0.2) is 0 Å². The lowest BCUT2D eigenvalue weighted by atomic mass is 10.1. The van der Waals surface area contributed by atoms with Crippen LogP contribution in [0.25, 0.3) is 0 Å². The lowest BCUT2D eigenvalue weighted by molar-refractivity contribution is -0.132. The van der Waals surface area contributed by atoms with Crippen LogP contribution in [0.3, 0.4) is 0 Å². The molecule has 0 rings (SSSR count). The molecule has 0 bridgehead atoms. The fourth-order valence-corrected chi connectivity index (χ4v) is 2.80. The van der Waals surface area contributed by atoms with Gasteiger partial charge in [-0.15, -0.1) is 0 Å². The van der Waals surface area contributed by atoms with Crippen molar-refractivity contribution in [1.29, 1.82) is 0 Å².